The molecule has 0 saturated heterocycles. The smallest absolute Gasteiger partial charge is 0.322 e. The molecule has 27 heavy (non-hydrogen) atoms. The molecule has 154 valence electrons. The lowest BCUT2D eigenvalue weighted by Crippen LogP contribution is -2.49. The van der Waals surface area contributed by atoms with Crippen LogP contribution in [0.4, 0.5) is 0 Å². The molecule has 6 N–H and O–H groups in total. The number of nitrogens with one attached hydrogen (secondary N) is 2. The maximum atomic E-state index is 12.1. The first-order valence-corrected chi connectivity index (χ1v) is 9.18. The maximum absolute atomic E-state index is 12.1. The van der Waals surface area contributed by atoms with Crippen LogP contribution in [0.2, 0.25) is 0 Å². The Morgan fingerprint density at radius 3 is 2.33 bits per heavy atom. The number of carboxylic acid groups (broad SMARTS) is 2. The summed E-state index contributed by atoms with van der Waals surface area (Å²) in [5, 5.41) is 21.3. The molecule has 0 saturated carbocycles. The Hall–Kier alpha value is -2.34. The molecule has 12 heteroatoms. The first kappa shape index (κ1) is 24.7. The topological polar surface area (TPSA) is 185 Å². The molecule has 3 atom stereocenters. The van der Waals surface area contributed by atoms with Gasteiger partial charge in [-0.2, -0.15) is 0 Å². The van der Waals surface area contributed by atoms with Gasteiger partial charge in [0, 0.05) is 12.2 Å². The summed E-state index contributed by atoms with van der Waals surface area (Å²) in [6.07, 6.45) is -0.356. The highest BCUT2D eigenvalue weighted by Gasteiger charge is 2.25. The van der Waals surface area contributed by atoms with E-state index in [-0.39, 0.29) is 25.2 Å². The Labute approximate surface area is 160 Å². The van der Waals surface area contributed by atoms with Gasteiger partial charge < -0.3 is 31.3 Å². The molecule has 0 fully saturated rings. The zero-order valence-electron chi connectivity index (χ0n) is 15.1. The highest BCUT2D eigenvalue weighted by molar-refractivity contribution is 8.00. The Balaban J connectivity index is 4.79. The molecule has 2 amide bonds. The second-order valence-electron chi connectivity index (χ2n) is 5.44. The molecule has 11 nitrogen and oxygen atoms in total. The van der Waals surface area contributed by atoms with Crippen LogP contribution in [0, 0.1) is 0 Å². The van der Waals surface area contributed by atoms with Crippen molar-refractivity contribution in [3.8, 4) is 0 Å². The first-order chi connectivity index (χ1) is 12.6. The summed E-state index contributed by atoms with van der Waals surface area (Å²) < 4.78 is 4.85. The van der Waals surface area contributed by atoms with E-state index in [0.29, 0.717) is 0 Å². The predicted octanol–water partition coefficient (Wildman–Crippen LogP) is -1.45. The summed E-state index contributed by atoms with van der Waals surface area (Å²) in [7, 11) is 0. The first-order valence-electron chi connectivity index (χ1n) is 8.13. The average molecular weight is 407 g/mol. The van der Waals surface area contributed by atoms with Gasteiger partial charge in [0.25, 0.3) is 0 Å². The van der Waals surface area contributed by atoms with Crippen LogP contribution < -0.4 is 16.4 Å². The van der Waals surface area contributed by atoms with Crippen LogP contribution in [0.5, 0.6) is 0 Å². The van der Waals surface area contributed by atoms with Gasteiger partial charge in [-0.1, -0.05) is 0 Å². The number of aliphatic carboxylic acids is 2. The van der Waals surface area contributed by atoms with Gasteiger partial charge in [-0.05, 0) is 20.3 Å². The van der Waals surface area contributed by atoms with E-state index in [1.54, 1.807) is 13.8 Å². The number of ether oxygens (including phenoxy) is 1. The summed E-state index contributed by atoms with van der Waals surface area (Å²) in [4.78, 5) is 56.9. The van der Waals surface area contributed by atoms with Crippen LogP contribution in [-0.2, 0) is 28.7 Å². The van der Waals surface area contributed by atoms with Crippen LogP contribution in [0.15, 0.2) is 0 Å². The fourth-order valence-corrected chi connectivity index (χ4v) is 2.63. The summed E-state index contributed by atoms with van der Waals surface area (Å²) in [6, 6.07) is -2.33. The van der Waals surface area contributed by atoms with Crippen LogP contribution >= 0.6 is 11.8 Å². The van der Waals surface area contributed by atoms with Crippen molar-refractivity contribution in [1.29, 1.82) is 0 Å². The summed E-state index contributed by atoms with van der Waals surface area (Å²) in [5.74, 6) is -4.36. The lowest BCUT2D eigenvalue weighted by Gasteiger charge is -2.19. The van der Waals surface area contributed by atoms with Crippen molar-refractivity contribution < 1.29 is 38.9 Å². The van der Waals surface area contributed by atoms with E-state index >= 15 is 0 Å². The number of esters is 1. The number of nitrogens with two attached hydrogens (primary N) is 1. The number of hydrogen-bond acceptors (Lipinski definition) is 8. The Kier molecular flexibility index (Phi) is 11.8. The SMILES string of the molecule is CCOC(=O)C(C)SC[C@H](NC(=O)CC[C@H](N)C(=O)O)C(=O)NCC(=O)O. The van der Waals surface area contributed by atoms with Crippen LogP contribution in [0.25, 0.3) is 0 Å². The number of carboxylic acids is 2. The summed E-state index contributed by atoms with van der Waals surface area (Å²) >= 11 is 1.05. The number of carbonyl (C=O) groups is 5. The third-order valence-electron chi connectivity index (χ3n) is 3.20. The number of rotatable bonds is 13. The second kappa shape index (κ2) is 12.9. The van der Waals surface area contributed by atoms with E-state index in [1.807, 2.05) is 0 Å². The largest absolute Gasteiger partial charge is 0.480 e. The lowest BCUT2D eigenvalue weighted by atomic mass is 10.1. The van der Waals surface area contributed by atoms with Crippen LogP contribution in [0.1, 0.15) is 26.7 Å². The average Bonchev–Trinajstić information content (AvgIpc) is 2.60. The van der Waals surface area contributed by atoms with E-state index in [0.717, 1.165) is 11.8 Å². The zero-order valence-corrected chi connectivity index (χ0v) is 15.9. The fourth-order valence-electron chi connectivity index (χ4n) is 1.71. The molecule has 0 radical (unpaired) electrons. The van der Waals surface area contributed by atoms with E-state index in [4.69, 9.17) is 20.7 Å². The van der Waals surface area contributed by atoms with Gasteiger partial charge in [0.05, 0.1) is 11.9 Å². The molecule has 0 aromatic heterocycles. The fraction of sp³-hybridized carbons (Fsp3) is 0.667. The number of thioether (sulfide) groups is 1. The molecule has 0 aliphatic carbocycles. The van der Waals surface area contributed by atoms with Crippen LogP contribution in [-0.4, -0.2) is 76.2 Å². The summed E-state index contributed by atoms with van der Waals surface area (Å²) in [5.41, 5.74) is 5.32. The second-order valence-corrected chi connectivity index (χ2v) is 6.82. The molecule has 0 spiro atoms. The maximum Gasteiger partial charge on any atom is 0.322 e. The molecule has 1 unspecified atom stereocenters. The molecular weight excluding hydrogens is 382 g/mol. The lowest BCUT2D eigenvalue weighted by molar-refractivity contribution is -0.142. The Bertz CT molecular complexity index is 557. The number of amides is 2. The van der Waals surface area contributed by atoms with E-state index in [9.17, 15) is 24.0 Å². The van der Waals surface area contributed by atoms with Gasteiger partial charge in [0.1, 0.15) is 18.6 Å². The minimum Gasteiger partial charge on any atom is -0.480 e. The highest BCUT2D eigenvalue weighted by Crippen LogP contribution is 2.14. The van der Waals surface area contributed by atoms with Gasteiger partial charge in [0.2, 0.25) is 11.8 Å². The monoisotopic (exact) mass is 407 g/mol. The minimum absolute atomic E-state index is 0.0117. The van der Waals surface area contributed by atoms with E-state index in [2.05, 4.69) is 10.6 Å². The van der Waals surface area contributed by atoms with Crippen molar-refractivity contribution in [2.24, 2.45) is 5.73 Å². The molecule has 0 rings (SSSR count). The van der Waals surface area contributed by atoms with Gasteiger partial charge in [-0.25, -0.2) is 0 Å². The van der Waals surface area contributed by atoms with Crippen molar-refractivity contribution in [1.82, 2.24) is 10.6 Å². The van der Waals surface area contributed by atoms with E-state index < -0.39 is 53.6 Å². The predicted molar refractivity (Wildman–Crippen MR) is 96.0 cm³/mol. The van der Waals surface area contributed by atoms with Gasteiger partial charge in [0.15, 0.2) is 0 Å². The minimum atomic E-state index is -1.26. The van der Waals surface area contributed by atoms with Gasteiger partial charge in [-0.3, -0.25) is 24.0 Å². The third-order valence-corrected chi connectivity index (χ3v) is 4.41. The Morgan fingerprint density at radius 2 is 1.81 bits per heavy atom. The van der Waals surface area contributed by atoms with Gasteiger partial charge >= 0.3 is 17.9 Å². The van der Waals surface area contributed by atoms with E-state index in [1.165, 1.54) is 0 Å². The van der Waals surface area contributed by atoms with Crippen molar-refractivity contribution >= 4 is 41.5 Å². The quantitative estimate of drug-likeness (QED) is 0.226. The Morgan fingerprint density at radius 1 is 1.19 bits per heavy atom. The molecule has 0 aliphatic heterocycles. The van der Waals surface area contributed by atoms with Crippen molar-refractivity contribution in [3.05, 3.63) is 0 Å². The molecule has 0 bridgehead atoms. The standard InChI is InChI=1S/C15H25N3O8S/c1-3-26-15(25)8(2)27-7-10(13(22)17-6-12(20)21)18-11(19)5-4-9(16)14(23)24/h8-10H,3-7,16H2,1-2H3,(H,17,22)(H,18,19)(H,20,21)(H,23,24)/t8?,9-,10-/m0/s1. The molecule has 0 aromatic rings. The molecule has 0 aromatic carbocycles. The van der Waals surface area contributed by atoms with Crippen molar-refractivity contribution in [3.63, 3.8) is 0 Å². The summed E-state index contributed by atoms with van der Waals surface area (Å²) in [6.45, 7) is 2.79. The van der Waals surface area contributed by atoms with Crippen LogP contribution in [0.3, 0.4) is 0 Å². The third kappa shape index (κ3) is 11.1. The van der Waals surface area contributed by atoms with Gasteiger partial charge in [-0.15, -0.1) is 11.8 Å². The molecular formula is C15H25N3O8S. The molecule has 0 heterocycles. The number of hydrogen-bond donors (Lipinski definition) is 5. The normalized spacial score (nSPS) is 13.7. The highest BCUT2D eigenvalue weighted by atomic mass is 32.2. The van der Waals surface area contributed by atoms with Crippen molar-refractivity contribution in [2.75, 3.05) is 18.9 Å². The zero-order chi connectivity index (χ0) is 21.0. The molecule has 0 aliphatic rings. The number of carbonyl (C=O) groups excluding carboxylic acids is 3. The van der Waals surface area contributed by atoms with Crippen molar-refractivity contribution in [2.45, 2.75) is 44.0 Å².